The summed E-state index contributed by atoms with van der Waals surface area (Å²) >= 11 is 1.63. The van der Waals surface area contributed by atoms with Gasteiger partial charge in [0.1, 0.15) is 5.75 Å². The number of nitrogens with one attached hydrogen (secondary N) is 1. The number of aromatic hydroxyl groups is 1. The lowest BCUT2D eigenvalue weighted by Crippen LogP contribution is -2.41. The summed E-state index contributed by atoms with van der Waals surface area (Å²) in [5.74, 6) is 0.229. The lowest BCUT2D eigenvalue weighted by Gasteiger charge is -2.25. The summed E-state index contributed by atoms with van der Waals surface area (Å²) in [5.41, 5.74) is 1.92. The number of aryl methyl sites for hydroxylation is 2. The molecule has 1 aromatic carbocycles. The molecule has 5 nitrogen and oxygen atoms in total. The molecule has 1 aliphatic rings. The van der Waals surface area contributed by atoms with Crippen LogP contribution in [-0.4, -0.2) is 27.1 Å². The highest BCUT2D eigenvalue weighted by Gasteiger charge is 2.33. The van der Waals surface area contributed by atoms with Crippen molar-refractivity contribution in [2.45, 2.75) is 52.2 Å². The number of rotatable bonds is 5. The number of amides is 2. The van der Waals surface area contributed by atoms with Gasteiger partial charge in [-0.1, -0.05) is 12.1 Å². The topological polar surface area (TPSA) is 65.5 Å². The van der Waals surface area contributed by atoms with Gasteiger partial charge in [0.15, 0.2) is 0 Å². The minimum Gasteiger partial charge on any atom is -0.508 e. The van der Waals surface area contributed by atoms with Gasteiger partial charge in [-0.05, 0) is 51.3 Å². The summed E-state index contributed by atoms with van der Waals surface area (Å²) < 4.78 is 0. The van der Waals surface area contributed by atoms with Crippen LogP contribution in [0.4, 0.5) is 4.79 Å². The minimum atomic E-state index is -0.0610. The molecule has 0 bridgehead atoms. The highest BCUT2D eigenvalue weighted by atomic mass is 32.1. The molecule has 2 aromatic rings. The molecule has 24 heavy (non-hydrogen) atoms. The van der Waals surface area contributed by atoms with E-state index in [4.69, 9.17) is 0 Å². The van der Waals surface area contributed by atoms with E-state index in [2.05, 4.69) is 10.3 Å². The fourth-order valence-electron chi connectivity index (χ4n) is 2.89. The zero-order valence-corrected chi connectivity index (χ0v) is 15.1. The molecule has 1 atom stereocenters. The second kappa shape index (κ2) is 6.81. The number of phenolic OH excluding ortho intramolecular Hbond substituents is 1. The van der Waals surface area contributed by atoms with Gasteiger partial charge in [0.2, 0.25) is 0 Å². The molecule has 128 valence electrons. The first-order valence-corrected chi connectivity index (χ1v) is 9.04. The van der Waals surface area contributed by atoms with E-state index in [-0.39, 0.29) is 17.8 Å². The Kier molecular flexibility index (Phi) is 4.76. The molecular weight excluding hydrogens is 322 g/mol. The fourth-order valence-corrected chi connectivity index (χ4v) is 3.82. The summed E-state index contributed by atoms with van der Waals surface area (Å²) in [6.07, 6.45) is 2.08. The van der Waals surface area contributed by atoms with Gasteiger partial charge < -0.3 is 15.3 Å². The van der Waals surface area contributed by atoms with Crippen molar-refractivity contribution in [2.24, 2.45) is 0 Å². The Bertz CT molecular complexity index is 740. The van der Waals surface area contributed by atoms with Crippen LogP contribution < -0.4 is 5.32 Å². The van der Waals surface area contributed by atoms with Crippen LogP contribution in [0.25, 0.3) is 0 Å². The maximum atomic E-state index is 12.8. The van der Waals surface area contributed by atoms with E-state index < -0.39 is 0 Å². The Labute approximate surface area is 146 Å². The van der Waals surface area contributed by atoms with Crippen LogP contribution in [0.2, 0.25) is 0 Å². The lowest BCUT2D eigenvalue weighted by molar-refractivity contribution is 0.188. The molecule has 0 aliphatic heterocycles. The third-order valence-corrected chi connectivity index (χ3v) is 5.44. The average Bonchev–Trinajstić information content (AvgIpc) is 3.29. The molecule has 2 N–H and O–H groups in total. The van der Waals surface area contributed by atoms with Crippen LogP contribution >= 0.6 is 11.3 Å². The number of hydrogen-bond donors (Lipinski definition) is 2. The zero-order valence-electron chi connectivity index (χ0n) is 14.2. The maximum absolute atomic E-state index is 12.8. The molecule has 3 rings (SSSR count). The van der Waals surface area contributed by atoms with Gasteiger partial charge in [0, 0.05) is 17.5 Å². The van der Waals surface area contributed by atoms with Crippen LogP contribution in [0.1, 0.15) is 46.9 Å². The predicted molar refractivity (Wildman–Crippen MR) is 95.2 cm³/mol. The van der Waals surface area contributed by atoms with Gasteiger partial charge in [-0.15, -0.1) is 11.3 Å². The number of phenols is 1. The first-order chi connectivity index (χ1) is 11.4. The predicted octanol–water partition coefficient (Wildman–Crippen LogP) is 3.90. The van der Waals surface area contributed by atoms with E-state index in [0.717, 1.165) is 34.0 Å². The van der Waals surface area contributed by atoms with Crippen LogP contribution in [0, 0.1) is 13.8 Å². The number of hydrogen-bond acceptors (Lipinski definition) is 4. The molecular formula is C18H23N3O2S. The number of thiazole rings is 1. The Hall–Kier alpha value is -2.08. The van der Waals surface area contributed by atoms with Crippen LogP contribution in [0.15, 0.2) is 24.3 Å². The van der Waals surface area contributed by atoms with Gasteiger partial charge in [0.25, 0.3) is 0 Å². The van der Waals surface area contributed by atoms with Gasteiger partial charge in [0.05, 0.1) is 16.7 Å². The molecule has 0 radical (unpaired) electrons. The number of benzene rings is 1. The molecule has 6 heteroatoms. The van der Waals surface area contributed by atoms with Crippen molar-refractivity contribution < 1.29 is 9.90 Å². The quantitative estimate of drug-likeness (QED) is 0.864. The lowest BCUT2D eigenvalue weighted by atomic mass is 10.2. The molecule has 1 aromatic heterocycles. The molecule has 1 aliphatic carbocycles. The van der Waals surface area contributed by atoms with Crippen molar-refractivity contribution in [3.8, 4) is 5.75 Å². The highest BCUT2D eigenvalue weighted by Crippen LogP contribution is 2.30. The number of urea groups is 1. The first kappa shape index (κ1) is 16.8. The highest BCUT2D eigenvalue weighted by molar-refractivity contribution is 7.11. The van der Waals surface area contributed by atoms with Crippen LogP contribution in [0.5, 0.6) is 5.75 Å². The average molecular weight is 345 g/mol. The summed E-state index contributed by atoms with van der Waals surface area (Å²) in [6, 6.07) is 7.27. The van der Waals surface area contributed by atoms with Crippen LogP contribution in [0.3, 0.4) is 0 Å². The van der Waals surface area contributed by atoms with Gasteiger partial charge >= 0.3 is 6.03 Å². The third-order valence-electron chi connectivity index (χ3n) is 4.18. The smallest absolute Gasteiger partial charge is 0.318 e. The van der Waals surface area contributed by atoms with Crippen molar-refractivity contribution in [3.05, 3.63) is 45.4 Å². The maximum Gasteiger partial charge on any atom is 0.318 e. The standard InChI is InChI=1S/C18H23N3O2S/c1-11-17(24-13(3)19-11)12(2)20-18(23)21(15-7-8-15)10-14-5-4-6-16(22)9-14/h4-6,9,12,15,22H,7-8,10H2,1-3H3,(H,20,23). The summed E-state index contributed by atoms with van der Waals surface area (Å²) in [6.45, 7) is 6.47. The van der Waals surface area contributed by atoms with Crippen LogP contribution in [-0.2, 0) is 6.54 Å². The number of nitrogens with zero attached hydrogens (tertiary/aromatic N) is 2. The minimum absolute atomic E-state index is 0.0567. The Morgan fingerprint density at radius 1 is 1.46 bits per heavy atom. The SMILES string of the molecule is Cc1nc(C)c(C(C)NC(=O)N(Cc2cccc(O)c2)C2CC2)s1. The third kappa shape index (κ3) is 3.87. The normalized spacial score (nSPS) is 15.1. The number of carbonyl (C=O) groups excluding carboxylic acids is 1. The van der Waals surface area contributed by atoms with E-state index in [0.29, 0.717) is 12.6 Å². The van der Waals surface area contributed by atoms with Crippen molar-refractivity contribution in [1.29, 1.82) is 0 Å². The molecule has 1 heterocycles. The number of carbonyl (C=O) groups is 1. The Morgan fingerprint density at radius 2 is 2.21 bits per heavy atom. The Balaban J connectivity index is 1.69. The van der Waals surface area contributed by atoms with E-state index in [1.165, 1.54) is 0 Å². The largest absolute Gasteiger partial charge is 0.508 e. The van der Waals surface area contributed by atoms with Crippen molar-refractivity contribution >= 4 is 17.4 Å². The molecule has 0 saturated heterocycles. The molecule has 2 amide bonds. The monoisotopic (exact) mass is 345 g/mol. The van der Waals surface area contributed by atoms with Gasteiger partial charge in [-0.3, -0.25) is 0 Å². The second-order valence-corrected chi connectivity index (χ2v) is 7.62. The summed E-state index contributed by atoms with van der Waals surface area (Å²) in [5, 5.41) is 13.7. The summed E-state index contributed by atoms with van der Waals surface area (Å²) in [4.78, 5) is 20.2. The zero-order chi connectivity index (χ0) is 17.3. The first-order valence-electron chi connectivity index (χ1n) is 8.23. The molecule has 1 saturated carbocycles. The molecule has 1 unspecified atom stereocenters. The van der Waals surface area contributed by atoms with E-state index >= 15 is 0 Å². The molecule has 0 spiro atoms. The second-order valence-electron chi connectivity index (χ2n) is 6.38. The van der Waals surface area contributed by atoms with Crippen molar-refractivity contribution in [3.63, 3.8) is 0 Å². The van der Waals surface area contributed by atoms with E-state index in [1.807, 2.05) is 31.7 Å². The summed E-state index contributed by atoms with van der Waals surface area (Å²) in [7, 11) is 0. The number of aromatic nitrogens is 1. The van der Waals surface area contributed by atoms with Crippen molar-refractivity contribution in [1.82, 2.24) is 15.2 Å². The van der Waals surface area contributed by atoms with Gasteiger partial charge in [-0.2, -0.15) is 0 Å². The molecule has 1 fully saturated rings. The van der Waals surface area contributed by atoms with Crippen molar-refractivity contribution in [2.75, 3.05) is 0 Å². The Morgan fingerprint density at radius 3 is 2.79 bits per heavy atom. The fraction of sp³-hybridized carbons (Fsp3) is 0.444. The van der Waals surface area contributed by atoms with E-state index in [1.54, 1.807) is 29.5 Å². The van der Waals surface area contributed by atoms with Gasteiger partial charge in [-0.25, -0.2) is 9.78 Å². The van der Waals surface area contributed by atoms with E-state index in [9.17, 15) is 9.90 Å².